The van der Waals surface area contributed by atoms with E-state index in [1.54, 1.807) is 12.3 Å². The van der Waals surface area contributed by atoms with Gasteiger partial charge in [0, 0.05) is 56.8 Å². The van der Waals surface area contributed by atoms with Gasteiger partial charge in [0.2, 0.25) is 0 Å². The Kier molecular flexibility index (Phi) is 4.06. The number of rotatable bonds is 4. The molecule has 0 saturated carbocycles. The van der Waals surface area contributed by atoms with Gasteiger partial charge in [0.15, 0.2) is 0 Å². The summed E-state index contributed by atoms with van der Waals surface area (Å²) in [6.07, 6.45) is 4.69. The standard InChI is InChI=1S/C18H21FN2O2/c19-15-2-1-3-17(8-15)23-18-9-16-11-20(5-6-21(16)12-18)10-14-4-7-22-13-14/h1-4,7-8,13,16,18H,5-6,9-12H2/t16-,18+/m0/s1. The summed E-state index contributed by atoms with van der Waals surface area (Å²) in [5.41, 5.74) is 1.23. The maximum absolute atomic E-state index is 13.3. The first-order chi connectivity index (χ1) is 11.3. The highest BCUT2D eigenvalue weighted by atomic mass is 19.1. The number of halogens is 1. The third-order valence-corrected chi connectivity index (χ3v) is 4.75. The van der Waals surface area contributed by atoms with Gasteiger partial charge in [-0.3, -0.25) is 9.80 Å². The summed E-state index contributed by atoms with van der Waals surface area (Å²) < 4.78 is 24.4. The smallest absolute Gasteiger partial charge is 0.126 e. The van der Waals surface area contributed by atoms with Crippen molar-refractivity contribution in [2.45, 2.75) is 25.1 Å². The lowest BCUT2D eigenvalue weighted by atomic mass is 10.1. The van der Waals surface area contributed by atoms with E-state index in [1.807, 2.05) is 18.4 Å². The molecular weight excluding hydrogens is 295 g/mol. The van der Waals surface area contributed by atoms with Crippen molar-refractivity contribution in [2.24, 2.45) is 0 Å². The van der Waals surface area contributed by atoms with Crippen LogP contribution in [0.25, 0.3) is 0 Å². The van der Waals surface area contributed by atoms with Crippen molar-refractivity contribution in [1.29, 1.82) is 0 Å². The number of hydrogen-bond acceptors (Lipinski definition) is 4. The summed E-state index contributed by atoms with van der Waals surface area (Å²) in [4.78, 5) is 4.96. The molecule has 2 fully saturated rings. The molecule has 0 unspecified atom stereocenters. The Hall–Kier alpha value is -1.85. The van der Waals surface area contributed by atoms with Crippen molar-refractivity contribution in [3.8, 4) is 5.75 Å². The zero-order chi connectivity index (χ0) is 15.6. The van der Waals surface area contributed by atoms with Crippen LogP contribution in [0, 0.1) is 5.82 Å². The second-order valence-electron chi connectivity index (χ2n) is 6.45. The molecule has 3 heterocycles. The fourth-order valence-corrected chi connectivity index (χ4v) is 3.66. The van der Waals surface area contributed by atoms with Crippen LogP contribution in [0.4, 0.5) is 4.39 Å². The van der Waals surface area contributed by atoms with Crippen LogP contribution in [0.1, 0.15) is 12.0 Å². The fourth-order valence-electron chi connectivity index (χ4n) is 3.66. The van der Waals surface area contributed by atoms with Gasteiger partial charge in [-0.15, -0.1) is 0 Å². The van der Waals surface area contributed by atoms with Crippen molar-refractivity contribution >= 4 is 0 Å². The molecule has 2 aliphatic heterocycles. The number of furan rings is 1. The normalized spacial score (nSPS) is 25.4. The van der Waals surface area contributed by atoms with E-state index in [0.717, 1.165) is 39.1 Å². The van der Waals surface area contributed by atoms with Crippen LogP contribution in [0.3, 0.4) is 0 Å². The zero-order valence-corrected chi connectivity index (χ0v) is 13.0. The van der Waals surface area contributed by atoms with E-state index in [2.05, 4.69) is 9.80 Å². The SMILES string of the molecule is Fc1cccc(O[C@@H]2C[C@H]3CN(Cc4ccoc4)CCN3C2)c1. The van der Waals surface area contributed by atoms with Gasteiger partial charge < -0.3 is 9.15 Å². The first kappa shape index (κ1) is 14.7. The Labute approximate surface area is 135 Å². The summed E-state index contributed by atoms with van der Waals surface area (Å²) in [6, 6.07) is 8.97. The van der Waals surface area contributed by atoms with Gasteiger partial charge in [0.25, 0.3) is 0 Å². The largest absolute Gasteiger partial charge is 0.489 e. The lowest BCUT2D eigenvalue weighted by molar-refractivity contribution is 0.0977. The molecule has 0 N–H and O–H groups in total. The molecule has 2 aliphatic rings. The highest BCUT2D eigenvalue weighted by Crippen LogP contribution is 2.26. The Balaban J connectivity index is 1.34. The van der Waals surface area contributed by atoms with Gasteiger partial charge in [-0.1, -0.05) is 6.07 Å². The second-order valence-corrected chi connectivity index (χ2v) is 6.45. The first-order valence-corrected chi connectivity index (χ1v) is 8.16. The average molecular weight is 316 g/mol. The number of nitrogens with zero attached hydrogens (tertiary/aromatic N) is 2. The van der Waals surface area contributed by atoms with Crippen molar-refractivity contribution in [2.75, 3.05) is 26.2 Å². The summed E-state index contributed by atoms with van der Waals surface area (Å²) in [7, 11) is 0. The molecule has 0 amide bonds. The number of piperazine rings is 1. The zero-order valence-electron chi connectivity index (χ0n) is 13.0. The van der Waals surface area contributed by atoms with Crippen molar-refractivity contribution in [3.63, 3.8) is 0 Å². The van der Waals surface area contributed by atoms with Crippen LogP contribution < -0.4 is 4.74 Å². The third kappa shape index (κ3) is 3.41. The molecule has 2 atom stereocenters. The van der Waals surface area contributed by atoms with Crippen molar-refractivity contribution < 1.29 is 13.5 Å². The van der Waals surface area contributed by atoms with Gasteiger partial charge in [-0.2, -0.15) is 0 Å². The topological polar surface area (TPSA) is 28.9 Å². The van der Waals surface area contributed by atoms with E-state index < -0.39 is 0 Å². The average Bonchev–Trinajstić information content (AvgIpc) is 3.16. The third-order valence-electron chi connectivity index (χ3n) is 4.75. The van der Waals surface area contributed by atoms with E-state index in [-0.39, 0.29) is 11.9 Å². The Bertz CT molecular complexity index is 646. The van der Waals surface area contributed by atoms with Gasteiger partial charge in [0.1, 0.15) is 17.7 Å². The minimum atomic E-state index is -0.246. The molecule has 4 nitrogen and oxygen atoms in total. The van der Waals surface area contributed by atoms with E-state index in [9.17, 15) is 4.39 Å². The predicted octanol–water partition coefficient (Wildman–Crippen LogP) is 2.76. The van der Waals surface area contributed by atoms with E-state index in [1.165, 1.54) is 17.7 Å². The van der Waals surface area contributed by atoms with Crippen molar-refractivity contribution in [3.05, 3.63) is 54.2 Å². The maximum Gasteiger partial charge on any atom is 0.126 e. The Morgan fingerprint density at radius 2 is 2.17 bits per heavy atom. The van der Waals surface area contributed by atoms with Crippen LogP contribution in [0.2, 0.25) is 0 Å². The molecule has 1 aromatic heterocycles. The predicted molar refractivity (Wildman–Crippen MR) is 84.8 cm³/mol. The minimum Gasteiger partial charge on any atom is -0.489 e. The summed E-state index contributed by atoms with van der Waals surface area (Å²) in [6.45, 7) is 5.05. The van der Waals surface area contributed by atoms with E-state index in [4.69, 9.17) is 9.15 Å². The van der Waals surface area contributed by atoms with Crippen LogP contribution >= 0.6 is 0 Å². The highest BCUT2D eigenvalue weighted by Gasteiger charge is 2.37. The molecule has 0 spiro atoms. The highest BCUT2D eigenvalue weighted by molar-refractivity contribution is 5.23. The molecule has 122 valence electrons. The first-order valence-electron chi connectivity index (χ1n) is 8.16. The summed E-state index contributed by atoms with van der Waals surface area (Å²) >= 11 is 0. The van der Waals surface area contributed by atoms with Gasteiger partial charge >= 0.3 is 0 Å². The van der Waals surface area contributed by atoms with E-state index >= 15 is 0 Å². The van der Waals surface area contributed by atoms with Crippen molar-refractivity contribution in [1.82, 2.24) is 9.80 Å². The quantitative estimate of drug-likeness (QED) is 0.867. The van der Waals surface area contributed by atoms with Gasteiger partial charge in [-0.25, -0.2) is 4.39 Å². The molecule has 2 aromatic rings. The molecule has 2 saturated heterocycles. The fraction of sp³-hybridized carbons (Fsp3) is 0.444. The maximum atomic E-state index is 13.3. The second kappa shape index (κ2) is 6.34. The monoisotopic (exact) mass is 316 g/mol. The Morgan fingerprint density at radius 3 is 3.00 bits per heavy atom. The molecule has 0 radical (unpaired) electrons. The minimum absolute atomic E-state index is 0.149. The number of benzene rings is 1. The molecule has 0 aliphatic carbocycles. The van der Waals surface area contributed by atoms with Gasteiger partial charge in [-0.05, 0) is 18.2 Å². The van der Waals surface area contributed by atoms with E-state index in [0.29, 0.717) is 11.8 Å². The van der Waals surface area contributed by atoms with Crippen LogP contribution in [-0.4, -0.2) is 48.1 Å². The van der Waals surface area contributed by atoms with Crippen LogP contribution in [0.15, 0.2) is 47.3 Å². The lowest BCUT2D eigenvalue weighted by Crippen LogP contribution is -2.49. The molecule has 4 rings (SSSR count). The molecular formula is C18H21FN2O2. The molecule has 23 heavy (non-hydrogen) atoms. The lowest BCUT2D eigenvalue weighted by Gasteiger charge is -2.36. The van der Waals surface area contributed by atoms with Gasteiger partial charge in [0.05, 0.1) is 12.5 Å². The Morgan fingerprint density at radius 1 is 1.22 bits per heavy atom. The molecule has 0 bridgehead atoms. The van der Waals surface area contributed by atoms with Crippen LogP contribution in [-0.2, 0) is 6.54 Å². The number of fused-ring (bicyclic) bond motifs is 1. The summed E-state index contributed by atoms with van der Waals surface area (Å²) in [5.74, 6) is 0.384. The number of ether oxygens (including phenoxy) is 1. The summed E-state index contributed by atoms with van der Waals surface area (Å²) in [5, 5.41) is 0. The van der Waals surface area contributed by atoms with Crippen LogP contribution in [0.5, 0.6) is 5.75 Å². The molecule has 1 aromatic carbocycles. The number of hydrogen-bond donors (Lipinski definition) is 0. The molecule has 5 heteroatoms.